The number of benzene rings is 1. The third kappa shape index (κ3) is 3.99. The molecule has 3 unspecified atom stereocenters. The van der Waals surface area contributed by atoms with Gasteiger partial charge < -0.3 is 16.0 Å². The molecule has 8 rings (SSSR count). The smallest absolute Gasteiger partial charge is 0.237 e. The van der Waals surface area contributed by atoms with Crippen LogP contribution in [-0.4, -0.2) is 34.2 Å². The number of hydrogen-bond acceptors (Lipinski definition) is 4. The second-order valence-corrected chi connectivity index (χ2v) is 13.1. The van der Waals surface area contributed by atoms with Gasteiger partial charge in [0.1, 0.15) is 11.4 Å². The van der Waals surface area contributed by atoms with Gasteiger partial charge in [0.25, 0.3) is 0 Å². The first kappa shape index (κ1) is 24.3. The molecule has 4 bridgehead atoms. The van der Waals surface area contributed by atoms with Crippen LogP contribution in [0.5, 0.6) is 0 Å². The number of aromatic amines is 1. The molecule has 4 N–H and O–H groups in total. The van der Waals surface area contributed by atoms with Crippen molar-refractivity contribution in [1.82, 2.24) is 15.3 Å². The Morgan fingerprint density at radius 3 is 2.53 bits per heavy atom. The molecule has 1 amide bonds. The molecular formula is C31H35ClN4O2. The Kier molecular flexibility index (Phi) is 5.72. The number of Topliss-reactive ketones (excluding diaryl/α,β-unsaturated/α-hetero) is 1. The molecule has 198 valence electrons. The topological polar surface area (TPSA) is 101 Å². The number of pyridine rings is 1. The Labute approximate surface area is 228 Å². The third-order valence-corrected chi connectivity index (χ3v) is 10.7. The van der Waals surface area contributed by atoms with Crippen LogP contribution in [0.4, 0.5) is 0 Å². The number of carbonyl (C=O) groups is 2. The van der Waals surface area contributed by atoms with Crippen molar-refractivity contribution in [2.24, 2.45) is 34.8 Å². The van der Waals surface area contributed by atoms with Gasteiger partial charge in [-0.3, -0.25) is 9.59 Å². The van der Waals surface area contributed by atoms with Gasteiger partial charge >= 0.3 is 0 Å². The molecule has 3 atom stereocenters. The van der Waals surface area contributed by atoms with Gasteiger partial charge in [0.15, 0.2) is 0 Å². The number of nitrogens with two attached hydrogens (primary N) is 1. The second-order valence-electron chi connectivity index (χ2n) is 12.7. The van der Waals surface area contributed by atoms with Gasteiger partial charge in [-0.15, -0.1) is 0 Å². The molecule has 1 aromatic carbocycles. The van der Waals surface area contributed by atoms with Crippen molar-refractivity contribution in [1.29, 1.82) is 0 Å². The normalized spacial score (nSPS) is 31.3. The Hall–Kier alpha value is -2.70. The molecule has 5 saturated carbocycles. The minimum absolute atomic E-state index is 0.0123. The monoisotopic (exact) mass is 530 g/mol. The van der Waals surface area contributed by atoms with Gasteiger partial charge in [0, 0.05) is 46.6 Å². The minimum Gasteiger partial charge on any atom is -0.354 e. The van der Waals surface area contributed by atoms with Crippen molar-refractivity contribution >= 4 is 34.3 Å². The zero-order chi connectivity index (χ0) is 26.1. The van der Waals surface area contributed by atoms with Gasteiger partial charge in [-0.05, 0) is 104 Å². The van der Waals surface area contributed by atoms with Crippen molar-refractivity contribution in [3.8, 4) is 0 Å². The van der Waals surface area contributed by atoms with Crippen molar-refractivity contribution < 1.29 is 9.59 Å². The average Bonchev–Trinajstić information content (AvgIpc) is 3.53. The number of fused-ring (bicyclic) bond motifs is 1. The first-order chi connectivity index (χ1) is 18.4. The summed E-state index contributed by atoms with van der Waals surface area (Å²) in [5.41, 5.74) is 9.59. The molecule has 7 heteroatoms. The number of H-pyrrole nitrogens is 1. The molecule has 5 aliphatic rings. The first-order valence-corrected chi connectivity index (χ1v) is 14.5. The van der Waals surface area contributed by atoms with E-state index in [-0.39, 0.29) is 22.7 Å². The van der Waals surface area contributed by atoms with Crippen LogP contribution in [0, 0.1) is 29.1 Å². The lowest BCUT2D eigenvalue weighted by Crippen LogP contribution is -2.61. The summed E-state index contributed by atoms with van der Waals surface area (Å²) in [5, 5.41) is 4.98. The molecule has 2 aromatic heterocycles. The number of rotatable bonds is 8. The van der Waals surface area contributed by atoms with Gasteiger partial charge in [-0.1, -0.05) is 23.7 Å². The van der Waals surface area contributed by atoms with Crippen molar-refractivity contribution in [3.05, 3.63) is 64.9 Å². The minimum atomic E-state index is -0.516. The lowest BCUT2D eigenvalue weighted by atomic mass is 9.44. The standard InChI is InChI=1S/C31H35ClN4O2/c32-23-3-1-22(2-4-23)30(7-8-30)17-36-29(38)27(33)26-20-11-18-12-21(26)16-31(14-18,15-20)25(37)13-19-5-9-34-28-24(19)6-10-35-28/h1-6,9-10,18,20-21,26-27H,7-8,11-17,33H2,(H,34,35)(H,36,38). The van der Waals surface area contributed by atoms with E-state index < -0.39 is 6.04 Å². The van der Waals surface area contributed by atoms with E-state index in [4.69, 9.17) is 17.3 Å². The summed E-state index contributed by atoms with van der Waals surface area (Å²) in [6.45, 7) is 0.619. The average molecular weight is 531 g/mol. The van der Waals surface area contributed by atoms with E-state index in [0.717, 1.165) is 66.6 Å². The summed E-state index contributed by atoms with van der Waals surface area (Å²) in [6.07, 6.45) is 11.2. The van der Waals surface area contributed by atoms with Crippen LogP contribution in [0.25, 0.3) is 11.0 Å². The Morgan fingerprint density at radius 2 is 1.82 bits per heavy atom. The Morgan fingerprint density at radius 1 is 1.08 bits per heavy atom. The van der Waals surface area contributed by atoms with Gasteiger partial charge in [-0.25, -0.2) is 4.98 Å². The summed E-state index contributed by atoms with van der Waals surface area (Å²) in [5.74, 6) is 1.77. The van der Waals surface area contributed by atoms with Crippen LogP contribution >= 0.6 is 11.6 Å². The zero-order valence-electron chi connectivity index (χ0n) is 21.6. The number of aromatic nitrogens is 2. The zero-order valence-corrected chi connectivity index (χ0v) is 22.3. The van der Waals surface area contributed by atoms with Crippen molar-refractivity contribution in [2.45, 2.75) is 62.8 Å². The Balaban J connectivity index is 1.03. The van der Waals surface area contributed by atoms with Crippen LogP contribution in [0.15, 0.2) is 48.8 Å². The Bertz CT molecular complexity index is 1380. The van der Waals surface area contributed by atoms with Crippen molar-refractivity contribution in [3.63, 3.8) is 0 Å². The van der Waals surface area contributed by atoms with E-state index in [0.29, 0.717) is 36.5 Å². The second kappa shape index (κ2) is 8.92. The summed E-state index contributed by atoms with van der Waals surface area (Å²) < 4.78 is 0. The third-order valence-electron chi connectivity index (χ3n) is 10.5. The molecule has 2 heterocycles. The van der Waals surface area contributed by atoms with E-state index in [1.807, 2.05) is 30.5 Å². The maximum atomic E-state index is 13.9. The molecule has 0 saturated heterocycles. The fourth-order valence-electron chi connectivity index (χ4n) is 8.60. The number of hydrogen-bond donors (Lipinski definition) is 3. The molecular weight excluding hydrogens is 496 g/mol. The predicted octanol–water partition coefficient (Wildman–Crippen LogP) is 4.95. The fraction of sp³-hybridized carbons (Fsp3) is 0.516. The van der Waals surface area contributed by atoms with Crippen LogP contribution in [-0.2, 0) is 21.4 Å². The van der Waals surface area contributed by atoms with Crippen molar-refractivity contribution in [2.75, 3.05) is 6.54 Å². The fourth-order valence-corrected chi connectivity index (χ4v) is 8.72. The molecule has 5 fully saturated rings. The summed E-state index contributed by atoms with van der Waals surface area (Å²) in [6, 6.07) is 11.5. The summed E-state index contributed by atoms with van der Waals surface area (Å²) in [4.78, 5) is 34.7. The van der Waals surface area contributed by atoms with Gasteiger partial charge in [-0.2, -0.15) is 0 Å². The van der Waals surface area contributed by atoms with Gasteiger partial charge in [0.2, 0.25) is 5.91 Å². The largest absolute Gasteiger partial charge is 0.354 e. The summed E-state index contributed by atoms with van der Waals surface area (Å²) in [7, 11) is 0. The number of nitrogens with zero attached hydrogens (tertiary/aromatic N) is 1. The molecule has 6 nitrogen and oxygen atoms in total. The summed E-state index contributed by atoms with van der Waals surface area (Å²) >= 11 is 6.07. The maximum absolute atomic E-state index is 13.9. The molecule has 38 heavy (non-hydrogen) atoms. The molecule has 0 aliphatic heterocycles. The highest BCUT2D eigenvalue weighted by molar-refractivity contribution is 6.30. The van der Waals surface area contributed by atoms with E-state index in [2.05, 4.69) is 27.4 Å². The van der Waals surface area contributed by atoms with Crippen LogP contribution in [0.3, 0.4) is 0 Å². The lowest BCUT2D eigenvalue weighted by Gasteiger charge is -2.60. The number of nitrogens with one attached hydrogen (secondary N) is 2. The molecule has 0 radical (unpaired) electrons. The molecule has 3 aromatic rings. The predicted molar refractivity (Wildman–Crippen MR) is 148 cm³/mol. The first-order valence-electron chi connectivity index (χ1n) is 14.1. The van der Waals surface area contributed by atoms with E-state index in [9.17, 15) is 9.59 Å². The number of ketones is 1. The van der Waals surface area contributed by atoms with Crippen LogP contribution in [0.2, 0.25) is 5.02 Å². The SMILES string of the molecule is NC(C(=O)NCC1(c2ccc(Cl)cc2)CC1)C1C2CC3CC1CC(C(=O)Cc1ccnc4[nH]ccc14)(C3)C2. The van der Waals surface area contributed by atoms with Crippen LogP contribution in [0.1, 0.15) is 56.1 Å². The van der Waals surface area contributed by atoms with E-state index >= 15 is 0 Å². The lowest BCUT2D eigenvalue weighted by molar-refractivity contribution is -0.153. The number of carbonyl (C=O) groups excluding carboxylic acids is 2. The highest BCUT2D eigenvalue weighted by Gasteiger charge is 2.59. The highest BCUT2D eigenvalue weighted by Crippen LogP contribution is 2.63. The molecule has 0 spiro atoms. The quantitative estimate of drug-likeness (QED) is 0.383. The van der Waals surface area contributed by atoms with Gasteiger partial charge in [0.05, 0.1) is 6.04 Å². The highest BCUT2D eigenvalue weighted by atomic mass is 35.5. The van der Waals surface area contributed by atoms with E-state index in [1.54, 1.807) is 6.20 Å². The maximum Gasteiger partial charge on any atom is 0.237 e. The number of halogens is 1. The molecule has 5 aliphatic carbocycles. The number of amides is 1. The van der Waals surface area contributed by atoms with Crippen LogP contribution < -0.4 is 11.1 Å². The van der Waals surface area contributed by atoms with E-state index in [1.165, 1.54) is 5.56 Å².